The van der Waals surface area contributed by atoms with E-state index in [1.165, 1.54) is 11.3 Å². The fourth-order valence-corrected chi connectivity index (χ4v) is 5.50. The first-order valence-electron chi connectivity index (χ1n) is 6.38. The highest BCUT2D eigenvalue weighted by molar-refractivity contribution is 7.89. The molecule has 0 saturated carbocycles. The predicted octanol–water partition coefficient (Wildman–Crippen LogP) is 0.792. The molecule has 0 amide bonds. The maximum Gasteiger partial charge on any atom is 0.244 e. The van der Waals surface area contributed by atoms with Gasteiger partial charge in [-0.05, 0) is 32.5 Å². The van der Waals surface area contributed by atoms with Crippen LogP contribution in [0.5, 0.6) is 0 Å². The second kappa shape index (κ2) is 5.88. The zero-order valence-electron chi connectivity index (χ0n) is 11.6. The number of rotatable bonds is 4. The summed E-state index contributed by atoms with van der Waals surface area (Å²) >= 11 is 1.49. The van der Waals surface area contributed by atoms with Crippen LogP contribution in [0.4, 0.5) is 0 Å². The van der Waals surface area contributed by atoms with Crippen molar-refractivity contribution >= 4 is 21.4 Å². The largest absolute Gasteiger partial charge is 0.315 e. The Bertz CT molecular complexity index is 527. The number of hydrogen-bond acceptors (Lipinski definition) is 5. The predicted molar refractivity (Wildman–Crippen MR) is 77.9 cm³/mol. The average molecular weight is 303 g/mol. The van der Waals surface area contributed by atoms with Crippen LogP contribution in [0.1, 0.15) is 11.8 Å². The first kappa shape index (κ1) is 14.9. The Morgan fingerprint density at radius 2 is 2.21 bits per heavy atom. The lowest BCUT2D eigenvalue weighted by Crippen LogP contribution is -2.52. The van der Waals surface area contributed by atoms with E-state index < -0.39 is 10.0 Å². The topological polar surface area (TPSA) is 52.7 Å². The van der Waals surface area contributed by atoms with Crippen molar-refractivity contribution in [3.8, 4) is 0 Å². The lowest BCUT2D eigenvalue weighted by Gasteiger charge is -2.37. The quantitative estimate of drug-likeness (QED) is 0.893. The Hall–Kier alpha value is -0.470. The van der Waals surface area contributed by atoms with Gasteiger partial charge in [0.05, 0.1) is 4.90 Å². The fraction of sp³-hybridized carbons (Fsp3) is 0.667. The molecule has 0 aromatic carbocycles. The van der Waals surface area contributed by atoms with Gasteiger partial charge in [0.1, 0.15) is 0 Å². The van der Waals surface area contributed by atoms with Gasteiger partial charge in [-0.15, -0.1) is 11.3 Å². The minimum Gasteiger partial charge on any atom is -0.315 e. The molecule has 19 heavy (non-hydrogen) atoms. The molecule has 0 spiro atoms. The molecule has 1 N–H and O–H groups in total. The summed E-state index contributed by atoms with van der Waals surface area (Å²) < 4.78 is 27.1. The SMILES string of the molecule is CNCc1sccc1S(=O)(=O)N1CCN(C)CC1C. The van der Waals surface area contributed by atoms with Crippen molar-refractivity contribution in [1.82, 2.24) is 14.5 Å². The molecular formula is C12H21N3O2S2. The van der Waals surface area contributed by atoms with E-state index in [1.807, 2.05) is 26.4 Å². The van der Waals surface area contributed by atoms with Gasteiger partial charge in [-0.1, -0.05) is 0 Å². The molecule has 1 saturated heterocycles. The molecule has 1 aliphatic heterocycles. The number of hydrogen-bond donors (Lipinski definition) is 1. The molecule has 2 rings (SSSR count). The van der Waals surface area contributed by atoms with Crippen molar-refractivity contribution in [1.29, 1.82) is 0 Å². The molecule has 2 heterocycles. The van der Waals surface area contributed by atoms with Gasteiger partial charge in [-0.3, -0.25) is 0 Å². The van der Waals surface area contributed by atoms with E-state index in [2.05, 4.69) is 10.2 Å². The number of likely N-dealkylation sites (N-methyl/N-ethyl adjacent to an activating group) is 1. The van der Waals surface area contributed by atoms with Gasteiger partial charge in [0.15, 0.2) is 0 Å². The molecular weight excluding hydrogens is 282 g/mol. The van der Waals surface area contributed by atoms with Gasteiger partial charge < -0.3 is 10.2 Å². The zero-order chi connectivity index (χ0) is 14.0. The highest BCUT2D eigenvalue weighted by atomic mass is 32.2. The molecule has 1 aromatic rings. The summed E-state index contributed by atoms with van der Waals surface area (Å²) in [5.41, 5.74) is 0. The lowest BCUT2D eigenvalue weighted by molar-refractivity contribution is 0.170. The zero-order valence-corrected chi connectivity index (χ0v) is 13.2. The second-order valence-electron chi connectivity index (χ2n) is 4.97. The smallest absolute Gasteiger partial charge is 0.244 e. The third-order valence-electron chi connectivity index (χ3n) is 3.40. The van der Waals surface area contributed by atoms with E-state index >= 15 is 0 Å². The van der Waals surface area contributed by atoms with E-state index in [0.717, 1.165) is 18.0 Å². The lowest BCUT2D eigenvalue weighted by atomic mass is 10.2. The number of piperazine rings is 1. The van der Waals surface area contributed by atoms with Crippen molar-refractivity contribution in [2.45, 2.75) is 24.4 Å². The number of sulfonamides is 1. The van der Waals surface area contributed by atoms with Crippen LogP contribution in [-0.4, -0.2) is 57.4 Å². The summed E-state index contributed by atoms with van der Waals surface area (Å²) in [6.45, 7) is 4.69. The van der Waals surface area contributed by atoms with Crippen molar-refractivity contribution in [3.63, 3.8) is 0 Å². The van der Waals surface area contributed by atoms with Crippen LogP contribution in [0, 0.1) is 0 Å². The fourth-order valence-electron chi connectivity index (χ4n) is 2.45. The van der Waals surface area contributed by atoms with Crippen LogP contribution < -0.4 is 5.32 Å². The van der Waals surface area contributed by atoms with Crippen LogP contribution in [0.3, 0.4) is 0 Å². The van der Waals surface area contributed by atoms with Gasteiger partial charge in [-0.25, -0.2) is 8.42 Å². The summed E-state index contributed by atoms with van der Waals surface area (Å²) in [5.74, 6) is 0. The number of nitrogens with zero attached hydrogens (tertiary/aromatic N) is 2. The van der Waals surface area contributed by atoms with Crippen LogP contribution in [0.2, 0.25) is 0 Å². The summed E-state index contributed by atoms with van der Waals surface area (Å²) in [6.07, 6.45) is 0. The normalized spacial score (nSPS) is 22.8. The van der Waals surface area contributed by atoms with Gasteiger partial charge in [-0.2, -0.15) is 4.31 Å². The van der Waals surface area contributed by atoms with Gasteiger partial charge in [0.25, 0.3) is 0 Å². The molecule has 0 radical (unpaired) electrons. The molecule has 5 nitrogen and oxygen atoms in total. The molecule has 1 aromatic heterocycles. The van der Waals surface area contributed by atoms with Crippen LogP contribution in [0.25, 0.3) is 0 Å². The highest BCUT2D eigenvalue weighted by Gasteiger charge is 2.34. The third kappa shape index (κ3) is 3.00. The van der Waals surface area contributed by atoms with Crippen molar-refractivity contribution in [2.75, 3.05) is 33.7 Å². The Morgan fingerprint density at radius 1 is 1.47 bits per heavy atom. The maximum atomic E-state index is 12.7. The monoisotopic (exact) mass is 303 g/mol. The summed E-state index contributed by atoms with van der Waals surface area (Å²) in [7, 11) is 0.486. The minimum atomic E-state index is -3.37. The maximum absolute atomic E-state index is 12.7. The second-order valence-corrected chi connectivity index (χ2v) is 7.83. The number of thiophene rings is 1. The molecule has 108 valence electrons. The summed E-state index contributed by atoms with van der Waals surface area (Å²) in [5, 5.41) is 4.87. The van der Waals surface area contributed by atoms with Crippen LogP contribution >= 0.6 is 11.3 Å². The molecule has 1 unspecified atom stereocenters. The first-order chi connectivity index (χ1) is 8.96. The standard InChI is InChI=1S/C12H21N3O2S2/c1-10-9-14(3)5-6-15(10)19(16,17)12-4-7-18-11(12)8-13-2/h4,7,10,13H,5-6,8-9H2,1-3H3. The molecule has 1 atom stereocenters. The summed E-state index contributed by atoms with van der Waals surface area (Å²) in [6, 6.07) is 1.74. The number of nitrogens with one attached hydrogen (secondary N) is 1. The first-order valence-corrected chi connectivity index (χ1v) is 8.70. The van der Waals surface area contributed by atoms with Crippen LogP contribution in [0.15, 0.2) is 16.3 Å². The van der Waals surface area contributed by atoms with Crippen molar-refractivity contribution in [3.05, 3.63) is 16.3 Å². The van der Waals surface area contributed by atoms with E-state index in [0.29, 0.717) is 18.0 Å². The molecule has 0 bridgehead atoms. The summed E-state index contributed by atoms with van der Waals surface area (Å²) in [4.78, 5) is 3.51. The van der Waals surface area contributed by atoms with Gasteiger partial charge in [0, 0.05) is 37.1 Å². The Labute approximate surface area is 119 Å². The van der Waals surface area contributed by atoms with Gasteiger partial charge in [0.2, 0.25) is 10.0 Å². The Kier molecular flexibility index (Phi) is 4.62. The molecule has 0 aliphatic carbocycles. The Morgan fingerprint density at radius 3 is 2.84 bits per heavy atom. The van der Waals surface area contributed by atoms with Gasteiger partial charge >= 0.3 is 0 Å². The van der Waals surface area contributed by atoms with E-state index in [4.69, 9.17) is 0 Å². The third-order valence-corrected chi connectivity index (χ3v) is 6.55. The van der Waals surface area contributed by atoms with E-state index in [9.17, 15) is 8.42 Å². The van der Waals surface area contributed by atoms with Crippen molar-refractivity contribution < 1.29 is 8.42 Å². The van der Waals surface area contributed by atoms with Crippen molar-refractivity contribution in [2.24, 2.45) is 0 Å². The average Bonchev–Trinajstić information content (AvgIpc) is 2.78. The highest BCUT2D eigenvalue weighted by Crippen LogP contribution is 2.27. The Balaban J connectivity index is 2.29. The van der Waals surface area contributed by atoms with E-state index in [-0.39, 0.29) is 6.04 Å². The van der Waals surface area contributed by atoms with E-state index in [1.54, 1.807) is 10.4 Å². The molecule has 7 heteroatoms. The van der Waals surface area contributed by atoms with Crippen LogP contribution in [-0.2, 0) is 16.6 Å². The minimum absolute atomic E-state index is 0.0195. The molecule has 1 fully saturated rings. The molecule has 1 aliphatic rings.